The second-order valence-electron chi connectivity index (χ2n) is 6.06. The zero-order valence-corrected chi connectivity index (χ0v) is 15.3. The Bertz CT molecular complexity index is 828. The summed E-state index contributed by atoms with van der Waals surface area (Å²) in [5.74, 6) is 0.288. The zero-order valence-electron chi connectivity index (χ0n) is 14.5. The molecule has 1 aliphatic rings. The van der Waals surface area contributed by atoms with Crippen molar-refractivity contribution in [1.82, 2.24) is 14.9 Å². The number of nitro groups is 1. The van der Waals surface area contributed by atoms with Gasteiger partial charge in [0.2, 0.25) is 0 Å². The smallest absolute Gasteiger partial charge is 0.271 e. The second kappa shape index (κ2) is 8.33. The number of piperazine rings is 1. The van der Waals surface area contributed by atoms with E-state index in [4.69, 9.17) is 22.4 Å². The lowest BCUT2D eigenvalue weighted by Crippen LogP contribution is -2.47. The van der Waals surface area contributed by atoms with Gasteiger partial charge < -0.3 is 21.1 Å². The minimum atomic E-state index is -0.454. The highest BCUT2D eigenvalue weighted by Gasteiger charge is 2.21. The summed E-state index contributed by atoms with van der Waals surface area (Å²) >= 11 is 5.94. The van der Waals surface area contributed by atoms with Gasteiger partial charge in [0.15, 0.2) is 11.0 Å². The fraction of sp³-hybridized carbons (Fsp3) is 0.375. The number of aromatic nitrogens is 2. The minimum absolute atomic E-state index is 0.0427. The first kappa shape index (κ1) is 19.1. The average Bonchev–Trinajstić information content (AvgIpc) is 2.66. The summed E-state index contributed by atoms with van der Waals surface area (Å²) in [5, 5.41) is 23.4. The van der Waals surface area contributed by atoms with Gasteiger partial charge in [-0.2, -0.15) is 0 Å². The van der Waals surface area contributed by atoms with E-state index in [1.54, 1.807) is 6.07 Å². The van der Waals surface area contributed by atoms with E-state index in [-0.39, 0.29) is 29.0 Å². The Labute approximate surface area is 160 Å². The first-order valence-corrected chi connectivity index (χ1v) is 8.77. The number of halogens is 1. The highest BCUT2D eigenvalue weighted by Crippen LogP contribution is 2.34. The maximum Gasteiger partial charge on any atom is 0.271 e. The number of aliphatic hydroxyl groups excluding tert-OH is 1. The van der Waals surface area contributed by atoms with Gasteiger partial charge in [0.1, 0.15) is 12.0 Å². The van der Waals surface area contributed by atoms with Crippen LogP contribution in [-0.2, 0) is 0 Å². The molecule has 10 nitrogen and oxygen atoms in total. The van der Waals surface area contributed by atoms with Gasteiger partial charge in [0.05, 0.1) is 22.9 Å². The number of β-amino-alcohol motifs (C(OH)–C–C–N with tert-alkyl or cyclic N) is 1. The number of nitrogens with two attached hydrogens (primary N) is 1. The molecular weight excluding hydrogens is 374 g/mol. The molecule has 0 amide bonds. The Morgan fingerprint density at radius 2 is 2.04 bits per heavy atom. The molecule has 0 radical (unpaired) electrons. The number of nitrogens with one attached hydrogen (secondary N) is 1. The van der Waals surface area contributed by atoms with Gasteiger partial charge in [-0.1, -0.05) is 11.6 Å². The largest absolute Gasteiger partial charge is 0.395 e. The summed E-state index contributed by atoms with van der Waals surface area (Å²) in [6, 6.07) is 4.63. The summed E-state index contributed by atoms with van der Waals surface area (Å²) in [6.45, 7) is 3.79. The quantitative estimate of drug-likeness (QED) is 0.379. The maximum atomic E-state index is 11.2. The van der Waals surface area contributed by atoms with Crippen molar-refractivity contribution in [3.8, 4) is 0 Å². The van der Waals surface area contributed by atoms with Crippen molar-refractivity contribution in [1.29, 1.82) is 0 Å². The molecule has 1 aliphatic heterocycles. The minimum Gasteiger partial charge on any atom is -0.395 e. The number of anilines is 4. The number of rotatable bonds is 6. The van der Waals surface area contributed by atoms with Gasteiger partial charge in [-0.25, -0.2) is 9.97 Å². The van der Waals surface area contributed by atoms with Gasteiger partial charge in [0, 0.05) is 44.9 Å². The molecule has 0 spiro atoms. The van der Waals surface area contributed by atoms with E-state index < -0.39 is 4.92 Å². The fourth-order valence-electron chi connectivity index (χ4n) is 2.97. The number of aliphatic hydroxyl groups is 1. The summed E-state index contributed by atoms with van der Waals surface area (Å²) < 4.78 is 0. The van der Waals surface area contributed by atoms with Crippen molar-refractivity contribution in [3.63, 3.8) is 0 Å². The highest BCUT2D eigenvalue weighted by molar-refractivity contribution is 6.32. The average molecular weight is 394 g/mol. The van der Waals surface area contributed by atoms with E-state index in [0.717, 1.165) is 31.9 Å². The molecule has 0 aliphatic carbocycles. The molecule has 1 aromatic heterocycles. The number of non-ortho nitro benzene ring substituents is 1. The maximum absolute atomic E-state index is 11.2. The predicted molar refractivity (Wildman–Crippen MR) is 104 cm³/mol. The lowest BCUT2D eigenvalue weighted by Gasteiger charge is -2.36. The van der Waals surface area contributed by atoms with Crippen molar-refractivity contribution >= 4 is 40.2 Å². The Kier molecular flexibility index (Phi) is 5.89. The van der Waals surface area contributed by atoms with Crippen molar-refractivity contribution in [2.45, 2.75) is 0 Å². The first-order chi connectivity index (χ1) is 13.0. The molecule has 0 atom stereocenters. The third-order valence-corrected chi connectivity index (χ3v) is 4.71. The van der Waals surface area contributed by atoms with Crippen LogP contribution in [0.25, 0.3) is 0 Å². The van der Waals surface area contributed by atoms with Gasteiger partial charge in [0.25, 0.3) is 5.69 Å². The van der Waals surface area contributed by atoms with Crippen LogP contribution < -0.4 is 16.0 Å². The van der Waals surface area contributed by atoms with Gasteiger partial charge in [-0.3, -0.25) is 15.0 Å². The van der Waals surface area contributed by atoms with E-state index in [1.165, 1.54) is 18.5 Å². The summed E-state index contributed by atoms with van der Waals surface area (Å²) in [5.41, 5.74) is 7.36. The molecule has 1 fully saturated rings. The molecule has 4 N–H and O–H groups in total. The van der Waals surface area contributed by atoms with Crippen molar-refractivity contribution in [2.75, 3.05) is 55.3 Å². The SMILES string of the molecule is Nc1c(Cl)ncnc1Nc1cc([N+](=O)[O-])ccc1N1CCN(CCO)CC1. The molecule has 0 unspecified atom stereocenters. The van der Waals surface area contributed by atoms with Crippen LogP contribution in [0, 0.1) is 10.1 Å². The Hall–Kier alpha value is -2.69. The molecule has 0 saturated carbocycles. The number of nitro benzene ring substituents is 1. The standard InChI is InChI=1S/C16H20ClN7O3/c17-15-14(18)16(20-10-19-15)21-12-9-11(24(26)27)1-2-13(12)23-5-3-22(4-6-23)7-8-25/h1-2,9-10,25H,3-8,18H2,(H,19,20,21). The van der Waals surface area contributed by atoms with E-state index in [1.807, 2.05) is 0 Å². The van der Waals surface area contributed by atoms with Gasteiger partial charge in [-0.05, 0) is 6.07 Å². The topological polar surface area (TPSA) is 134 Å². The number of nitrogen functional groups attached to an aromatic ring is 1. The van der Waals surface area contributed by atoms with Crippen molar-refractivity contribution in [2.24, 2.45) is 0 Å². The Morgan fingerprint density at radius 3 is 2.70 bits per heavy atom. The highest BCUT2D eigenvalue weighted by atomic mass is 35.5. The van der Waals surface area contributed by atoms with Crippen LogP contribution in [0.1, 0.15) is 0 Å². The summed E-state index contributed by atoms with van der Waals surface area (Å²) in [4.78, 5) is 22.9. The van der Waals surface area contributed by atoms with Crippen molar-refractivity contribution < 1.29 is 10.0 Å². The van der Waals surface area contributed by atoms with E-state index >= 15 is 0 Å². The van der Waals surface area contributed by atoms with E-state index in [2.05, 4.69) is 25.1 Å². The third kappa shape index (κ3) is 4.35. The zero-order chi connectivity index (χ0) is 19.4. The molecule has 11 heteroatoms. The summed E-state index contributed by atoms with van der Waals surface area (Å²) in [7, 11) is 0. The van der Waals surface area contributed by atoms with Crippen LogP contribution in [0.5, 0.6) is 0 Å². The van der Waals surface area contributed by atoms with E-state index in [9.17, 15) is 10.1 Å². The Morgan fingerprint density at radius 1 is 1.30 bits per heavy atom. The molecule has 1 aromatic carbocycles. The van der Waals surface area contributed by atoms with Crippen LogP contribution in [0.4, 0.5) is 28.6 Å². The molecular formula is C16H20ClN7O3. The fourth-order valence-corrected chi connectivity index (χ4v) is 3.10. The van der Waals surface area contributed by atoms with Crippen LogP contribution in [0.15, 0.2) is 24.5 Å². The monoisotopic (exact) mass is 393 g/mol. The number of nitrogens with zero attached hydrogens (tertiary/aromatic N) is 5. The first-order valence-electron chi connectivity index (χ1n) is 8.39. The molecule has 1 saturated heterocycles. The molecule has 2 aromatic rings. The normalized spacial score (nSPS) is 15.0. The van der Waals surface area contributed by atoms with Gasteiger partial charge >= 0.3 is 0 Å². The van der Waals surface area contributed by atoms with Crippen molar-refractivity contribution in [3.05, 3.63) is 39.8 Å². The van der Waals surface area contributed by atoms with Crippen LogP contribution in [0.2, 0.25) is 5.15 Å². The lowest BCUT2D eigenvalue weighted by atomic mass is 10.2. The van der Waals surface area contributed by atoms with Crippen LogP contribution in [-0.4, -0.2) is 64.2 Å². The summed E-state index contributed by atoms with van der Waals surface area (Å²) in [6.07, 6.45) is 1.27. The molecule has 27 heavy (non-hydrogen) atoms. The molecule has 3 rings (SSSR count). The van der Waals surface area contributed by atoms with Crippen LogP contribution in [0.3, 0.4) is 0 Å². The number of hydrogen-bond donors (Lipinski definition) is 3. The second-order valence-corrected chi connectivity index (χ2v) is 6.42. The van der Waals surface area contributed by atoms with Gasteiger partial charge in [-0.15, -0.1) is 0 Å². The molecule has 2 heterocycles. The van der Waals surface area contributed by atoms with Crippen LogP contribution >= 0.6 is 11.6 Å². The predicted octanol–water partition coefficient (Wildman–Crippen LogP) is 1.48. The third-order valence-electron chi connectivity index (χ3n) is 4.41. The molecule has 144 valence electrons. The van der Waals surface area contributed by atoms with E-state index in [0.29, 0.717) is 12.2 Å². The molecule has 0 bridgehead atoms. The Balaban J connectivity index is 1.90. The number of benzene rings is 1. The lowest BCUT2D eigenvalue weighted by molar-refractivity contribution is -0.384. The number of hydrogen-bond acceptors (Lipinski definition) is 9.